The minimum absolute atomic E-state index is 0.129. The smallest absolute Gasteiger partial charge is 0.246 e. The van der Waals surface area contributed by atoms with E-state index in [-0.39, 0.29) is 12.5 Å². The van der Waals surface area contributed by atoms with Crippen LogP contribution < -0.4 is 10.1 Å². The molecule has 0 radical (unpaired) electrons. The average Bonchev–Trinajstić information content (AvgIpc) is 2.75. The number of amides is 1. The lowest BCUT2D eigenvalue weighted by Crippen LogP contribution is -2.20. The van der Waals surface area contributed by atoms with E-state index in [9.17, 15) is 4.79 Å². The molecule has 1 aromatic heterocycles. The summed E-state index contributed by atoms with van der Waals surface area (Å²) in [5, 5.41) is 6.93. The molecular formula is C14H17N3O2. The number of hydrogen-bond donors (Lipinski definition) is 1. The number of hydrogen-bond acceptors (Lipinski definition) is 3. The Labute approximate surface area is 112 Å². The highest BCUT2D eigenvalue weighted by Crippen LogP contribution is 2.25. The van der Waals surface area contributed by atoms with Gasteiger partial charge in [-0.05, 0) is 37.6 Å². The van der Waals surface area contributed by atoms with Crippen LogP contribution >= 0.6 is 0 Å². The van der Waals surface area contributed by atoms with E-state index >= 15 is 0 Å². The number of benzene rings is 1. The van der Waals surface area contributed by atoms with E-state index in [2.05, 4.69) is 10.4 Å². The Balaban J connectivity index is 2.11. The number of nitrogens with zero attached hydrogens (tertiary/aromatic N) is 2. The van der Waals surface area contributed by atoms with Crippen LogP contribution in [0.15, 0.2) is 30.5 Å². The third-order valence-electron chi connectivity index (χ3n) is 2.85. The highest BCUT2D eigenvalue weighted by atomic mass is 16.5. The number of ether oxygens (including phenoxy) is 1. The van der Waals surface area contributed by atoms with Gasteiger partial charge in [0.2, 0.25) is 5.91 Å². The highest BCUT2D eigenvalue weighted by Gasteiger charge is 2.09. The first-order valence-corrected chi connectivity index (χ1v) is 6.03. The third-order valence-corrected chi connectivity index (χ3v) is 2.85. The Morgan fingerprint density at radius 2 is 2.16 bits per heavy atom. The molecule has 2 rings (SSSR count). The number of aromatic nitrogens is 2. The first kappa shape index (κ1) is 13.1. The van der Waals surface area contributed by atoms with Gasteiger partial charge in [0, 0.05) is 11.9 Å². The molecule has 0 atom stereocenters. The topological polar surface area (TPSA) is 56.1 Å². The van der Waals surface area contributed by atoms with Crippen molar-refractivity contribution in [1.82, 2.24) is 9.78 Å². The normalized spacial score (nSPS) is 10.3. The molecule has 0 bridgehead atoms. The average molecular weight is 259 g/mol. The second kappa shape index (κ2) is 5.56. The van der Waals surface area contributed by atoms with Crippen LogP contribution in [0.2, 0.25) is 0 Å². The summed E-state index contributed by atoms with van der Waals surface area (Å²) in [6, 6.07) is 7.52. The number of carbonyl (C=O) groups is 1. The maximum absolute atomic E-state index is 12.0. The molecule has 5 heteroatoms. The summed E-state index contributed by atoms with van der Waals surface area (Å²) in [7, 11) is 1.58. The van der Waals surface area contributed by atoms with Crippen LogP contribution in [-0.2, 0) is 11.3 Å². The number of aryl methyl sites for hydroxylation is 2. The highest BCUT2D eigenvalue weighted by molar-refractivity contribution is 5.92. The molecule has 100 valence electrons. The number of nitrogens with one attached hydrogen (secondary N) is 1. The Morgan fingerprint density at radius 1 is 1.37 bits per heavy atom. The van der Waals surface area contributed by atoms with E-state index in [1.807, 2.05) is 38.1 Å². The zero-order chi connectivity index (χ0) is 13.8. The molecule has 0 aliphatic rings. The van der Waals surface area contributed by atoms with Gasteiger partial charge in [0.05, 0.1) is 12.8 Å². The number of methoxy groups -OCH3 is 1. The van der Waals surface area contributed by atoms with Crippen LogP contribution in [0.3, 0.4) is 0 Å². The Kier molecular flexibility index (Phi) is 3.85. The van der Waals surface area contributed by atoms with Gasteiger partial charge in [-0.15, -0.1) is 0 Å². The van der Waals surface area contributed by atoms with Gasteiger partial charge in [0.25, 0.3) is 0 Å². The fourth-order valence-electron chi connectivity index (χ4n) is 1.81. The van der Waals surface area contributed by atoms with Gasteiger partial charge in [-0.25, -0.2) is 0 Å². The molecule has 2 aromatic rings. The molecule has 0 saturated carbocycles. The Bertz CT molecular complexity index is 590. The predicted octanol–water partition coefficient (Wildman–Crippen LogP) is 2.15. The largest absolute Gasteiger partial charge is 0.495 e. The van der Waals surface area contributed by atoms with E-state index in [0.717, 1.165) is 11.3 Å². The number of anilines is 1. The van der Waals surface area contributed by atoms with Crippen molar-refractivity contribution in [1.29, 1.82) is 0 Å². The third kappa shape index (κ3) is 3.13. The number of rotatable bonds is 4. The molecule has 0 aliphatic carbocycles. The van der Waals surface area contributed by atoms with Crippen LogP contribution in [0.1, 0.15) is 11.3 Å². The van der Waals surface area contributed by atoms with Crippen LogP contribution in [0.4, 0.5) is 5.69 Å². The quantitative estimate of drug-likeness (QED) is 0.915. The van der Waals surface area contributed by atoms with Crippen molar-refractivity contribution in [3.8, 4) is 5.75 Å². The standard InChI is InChI=1S/C14H17N3O2/c1-10-4-5-13(19-3)12(8-10)16-14(18)9-17-11(2)6-7-15-17/h4-8H,9H2,1-3H3,(H,16,18). The second-order valence-corrected chi connectivity index (χ2v) is 4.38. The van der Waals surface area contributed by atoms with Gasteiger partial charge in [-0.1, -0.05) is 6.07 Å². The van der Waals surface area contributed by atoms with Crippen molar-refractivity contribution >= 4 is 11.6 Å². The van der Waals surface area contributed by atoms with Crippen molar-refractivity contribution in [2.45, 2.75) is 20.4 Å². The molecule has 1 amide bonds. The lowest BCUT2D eigenvalue weighted by atomic mass is 10.2. The molecule has 0 saturated heterocycles. The lowest BCUT2D eigenvalue weighted by Gasteiger charge is -2.11. The summed E-state index contributed by atoms with van der Waals surface area (Å²) in [6.45, 7) is 4.07. The zero-order valence-corrected chi connectivity index (χ0v) is 11.3. The van der Waals surface area contributed by atoms with Gasteiger partial charge in [-0.2, -0.15) is 5.10 Å². The predicted molar refractivity (Wildman–Crippen MR) is 73.3 cm³/mol. The molecule has 1 N–H and O–H groups in total. The summed E-state index contributed by atoms with van der Waals surface area (Å²) in [5.74, 6) is 0.520. The second-order valence-electron chi connectivity index (χ2n) is 4.38. The molecule has 5 nitrogen and oxygen atoms in total. The maximum atomic E-state index is 12.0. The van der Waals surface area contributed by atoms with Gasteiger partial charge in [0.1, 0.15) is 12.3 Å². The minimum atomic E-state index is -0.129. The lowest BCUT2D eigenvalue weighted by molar-refractivity contribution is -0.116. The first-order valence-electron chi connectivity index (χ1n) is 6.03. The van der Waals surface area contributed by atoms with Gasteiger partial charge in [0.15, 0.2) is 0 Å². The van der Waals surface area contributed by atoms with Crippen LogP contribution in [0, 0.1) is 13.8 Å². The summed E-state index contributed by atoms with van der Waals surface area (Å²) in [4.78, 5) is 12.0. The molecule has 0 spiro atoms. The molecule has 0 fully saturated rings. The molecular weight excluding hydrogens is 242 g/mol. The molecule has 0 unspecified atom stereocenters. The maximum Gasteiger partial charge on any atom is 0.246 e. The molecule has 19 heavy (non-hydrogen) atoms. The first-order chi connectivity index (χ1) is 9.10. The van der Waals surface area contributed by atoms with E-state index in [0.29, 0.717) is 11.4 Å². The minimum Gasteiger partial charge on any atom is -0.495 e. The summed E-state index contributed by atoms with van der Waals surface area (Å²) in [5.41, 5.74) is 2.69. The van der Waals surface area contributed by atoms with Crippen LogP contribution in [-0.4, -0.2) is 22.8 Å². The van der Waals surface area contributed by atoms with E-state index in [4.69, 9.17) is 4.74 Å². The van der Waals surface area contributed by atoms with Gasteiger partial charge >= 0.3 is 0 Å². The fourth-order valence-corrected chi connectivity index (χ4v) is 1.81. The molecule has 0 aliphatic heterocycles. The molecule has 1 heterocycles. The van der Waals surface area contributed by atoms with Crippen molar-refractivity contribution in [2.75, 3.05) is 12.4 Å². The summed E-state index contributed by atoms with van der Waals surface area (Å²) >= 11 is 0. The zero-order valence-electron chi connectivity index (χ0n) is 11.3. The van der Waals surface area contributed by atoms with E-state index in [1.54, 1.807) is 18.0 Å². The van der Waals surface area contributed by atoms with Crippen LogP contribution in [0.5, 0.6) is 5.75 Å². The van der Waals surface area contributed by atoms with Crippen molar-refractivity contribution in [2.24, 2.45) is 0 Å². The van der Waals surface area contributed by atoms with Crippen molar-refractivity contribution in [3.63, 3.8) is 0 Å². The Hall–Kier alpha value is -2.30. The van der Waals surface area contributed by atoms with Crippen molar-refractivity contribution < 1.29 is 9.53 Å². The molecule has 1 aromatic carbocycles. The SMILES string of the molecule is COc1ccc(C)cc1NC(=O)Cn1nccc1C. The van der Waals surface area contributed by atoms with Gasteiger partial charge in [-0.3, -0.25) is 9.48 Å². The fraction of sp³-hybridized carbons (Fsp3) is 0.286. The van der Waals surface area contributed by atoms with E-state index in [1.165, 1.54) is 0 Å². The van der Waals surface area contributed by atoms with E-state index < -0.39 is 0 Å². The summed E-state index contributed by atoms with van der Waals surface area (Å²) in [6.07, 6.45) is 1.68. The monoisotopic (exact) mass is 259 g/mol. The van der Waals surface area contributed by atoms with Crippen molar-refractivity contribution in [3.05, 3.63) is 41.7 Å². The van der Waals surface area contributed by atoms with Gasteiger partial charge < -0.3 is 10.1 Å². The number of carbonyl (C=O) groups excluding carboxylic acids is 1. The van der Waals surface area contributed by atoms with Crippen LogP contribution in [0.25, 0.3) is 0 Å². The Morgan fingerprint density at radius 3 is 2.79 bits per heavy atom. The summed E-state index contributed by atoms with van der Waals surface area (Å²) < 4.78 is 6.87.